The third kappa shape index (κ3) is 1.79. The zero-order chi connectivity index (χ0) is 19.3. The maximum atomic E-state index is 6.50. The van der Waals surface area contributed by atoms with Crippen molar-refractivity contribution in [2.45, 2.75) is 13.8 Å². The summed E-state index contributed by atoms with van der Waals surface area (Å²) in [5, 5.41) is 2.60. The summed E-state index contributed by atoms with van der Waals surface area (Å²) in [6.45, 7) is 4.56. The molecule has 136 valence electrons. The Labute approximate surface area is 169 Å². The van der Waals surface area contributed by atoms with Crippen LogP contribution in [0.25, 0.3) is 27.5 Å². The molecule has 7 rings (SSSR count). The van der Waals surface area contributed by atoms with E-state index in [0.29, 0.717) is 0 Å². The van der Waals surface area contributed by atoms with Gasteiger partial charge in [-0.05, 0) is 66.1 Å². The lowest BCUT2D eigenvalue weighted by Gasteiger charge is -2.33. The van der Waals surface area contributed by atoms with Gasteiger partial charge in [0.15, 0.2) is 0 Å². The van der Waals surface area contributed by atoms with Crippen molar-refractivity contribution in [1.29, 1.82) is 0 Å². The minimum absolute atomic E-state index is 0.200. The second-order valence-corrected chi connectivity index (χ2v) is 8.31. The van der Waals surface area contributed by atoms with E-state index in [1.807, 2.05) is 0 Å². The van der Waals surface area contributed by atoms with E-state index in [4.69, 9.17) is 4.74 Å². The van der Waals surface area contributed by atoms with Gasteiger partial charge in [0, 0.05) is 16.5 Å². The molecule has 0 bridgehead atoms. The van der Waals surface area contributed by atoms with E-state index >= 15 is 0 Å². The summed E-state index contributed by atoms with van der Waals surface area (Å²) in [6, 6.07) is 26.4. The number of para-hydroxylation sites is 2. The number of nitrogens with zero attached hydrogens (tertiary/aromatic N) is 1. The summed E-state index contributed by atoms with van der Waals surface area (Å²) in [5.74, 6) is 1.98. The number of fused-ring (bicyclic) bond motifs is 8. The summed E-state index contributed by atoms with van der Waals surface area (Å²) < 4.78 is 8.94. The Bertz CT molecular complexity index is 1510. The average molecular weight is 371 g/mol. The fourth-order valence-corrected chi connectivity index (χ4v) is 5.59. The Balaban J connectivity index is 1.74. The van der Waals surface area contributed by atoms with Crippen LogP contribution in [0.2, 0.25) is 0 Å². The largest absolute Gasteiger partial charge is 0.458 e. The van der Waals surface area contributed by atoms with Gasteiger partial charge in [0.1, 0.15) is 11.5 Å². The number of ether oxygens (including phenoxy) is 1. The number of hydrogen-bond donors (Lipinski definition) is 0. The van der Waals surface area contributed by atoms with Gasteiger partial charge >= 0.3 is 0 Å². The second-order valence-electron chi connectivity index (χ2n) is 8.31. The van der Waals surface area contributed by atoms with Gasteiger partial charge in [-0.3, -0.25) is 0 Å². The summed E-state index contributed by atoms with van der Waals surface area (Å²) in [6.07, 6.45) is 0. The predicted octanol–water partition coefficient (Wildman–Crippen LogP) is 4.34. The van der Waals surface area contributed by atoms with Crippen molar-refractivity contribution in [1.82, 2.24) is 4.57 Å². The van der Waals surface area contributed by atoms with Gasteiger partial charge in [0.25, 0.3) is 6.71 Å². The summed E-state index contributed by atoms with van der Waals surface area (Å²) in [7, 11) is 0. The van der Waals surface area contributed by atoms with Crippen LogP contribution in [0.1, 0.15) is 11.1 Å². The summed E-state index contributed by atoms with van der Waals surface area (Å²) >= 11 is 0. The molecule has 2 nitrogen and oxygen atoms in total. The molecule has 0 N–H and O–H groups in total. The van der Waals surface area contributed by atoms with E-state index in [2.05, 4.69) is 91.2 Å². The van der Waals surface area contributed by atoms with Crippen LogP contribution in [0.5, 0.6) is 11.5 Å². The smallest absolute Gasteiger partial charge is 0.256 e. The minimum Gasteiger partial charge on any atom is -0.458 e. The topological polar surface area (TPSA) is 14.2 Å². The zero-order valence-corrected chi connectivity index (χ0v) is 16.4. The molecule has 0 radical (unpaired) electrons. The highest BCUT2D eigenvalue weighted by Gasteiger charge is 2.40. The first kappa shape index (κ1) is 15.5. The van der Waals surface area contributed by atoms with Gasteiger partial charge < -0.3 is 9.30 Å². The van der Waals surface area contributed by atoms with Crippen LogP contribution in [0, 0.1) is 13.8 Å². The van der Waals surface area contributed by atoms with E-state index in [1.165, 1.54) is 55.0 Å². The zero-order valence-electron chi connectivity index (χ0n) is 16.4. The van der Waals surface area contributed by atoms with Crippen LogP contribution >= 0.6 is 0 Å². The molecule has 0 atom stereocenters. The van der Waals surface area contributed by atoms with Gasteiger partial charge in [0.2, 0.25) is 0 Å². The van der Waals surface area contributed by atoms with Crippen molar-refractivity contribution in [2.24, 2.45) is 0 Å². The van der Waals surface area contributed by atoms with Gasteiger partial charge in [-0.25, -0.2) is 0 Å². The first-order valence-corrected chi connectivity index (χ1v) is 10.2. The van der Waals surface area contributed by atoms with E-state index in [9.17, 15) is 0 Å². The van der Waals surface area contributed by atoms with Gasteiger partial charge in [0.05, 0.1) is 11.0 Å². The third-order valence-electron chi connectivity index (χ3n) is 6.61. The number of benzene rings is 4. The lowest BCUT2D eigenvalue weighted by atomic mass is 9.34. The lowest BCUT2D eigenvalue weighted by Crippen LogP contribution is -2.59. The molecule has 2 aliphatic rings. The van der Waals surface area contributed by atoms with Crippen LogP contribution in [0.3, 0.4) is 0 Å². The molecule has 0 spiro atoms. The standard InChI is InChI=1S/C26H18BNO/c1-15-13-16(2)24-23(14-15)29-22-12-11-18-17-7-3-5-9-20(17)28-21-10-6-4-8-19(21)27(24)25(22)26(18)28/h3-14H,1-2H3. The third-order valence-corrected chi connectivity index (χ3v) is 6.61. The highest BCUT2D eigenvalue weighted by molar-refractivity contribution is 6.99. The van der Waals surface area contributed by atoms with E-state index in [-0.39, 0.29) is 6.71 Å². The van der Waals surface area contributed by atoms with Crippen LogP contribution < -0.4 is 21.1 Å². The molecule has 0 saturated carbocycles. The van der Waals surface area contributed by atoms with E-state index in [0.717, 1.165) is 11.5 Å². The van der Waals surface area contributed by atoms with Gasteiger partial charge in [-0.2, -0.15) is 0 Å². The van der Waals surface area contributed by atoms with Crippen LogP contribution in [-0.4, -0.2) is 11.3 Å². The fourth-order valence-electron chi connectivity index (χ4n) is 5.59. The number of aryl methyl sites for hydroxylation is 2. The van der Waals surface area contributed by atoms with Gasteiger partial charge in [-0.15, -0.1) is 0 Å². The van der Waals surface area contributed by atoms with Crippen LogP contribution in [0.15, 0.2) is 72.8 Å². The number of hydrogen-bond acceptors (Lipinski definition) is 1. The minimum atomic E-state index is 0.200. The molecule has 0 unspecified atom stereocenters. The molecule has 5 aromatic rings. The Morgan fingerprint density at radius 3 is 2.52 bits per heavy atom. The average Bonchev–Trinajstić information content (AvgIpc) is 3.07. The van der Waals surface area contributed by atoms with Crippen LogP contribution in [-0.2, 0) is 0 Å². The van der Waals surface area contributed by atoms with Crippen LogP contribution in [0.4, 0.5) is 0 Å². The summed E-state index contributed by atoms with van der Waals surface area (Å²) in [5.41, 5.74) is 10.3. The first-order chi connectivity index (χ1) is 14.2. The monoisotopic (exact) mass is 371 g/mol. The molecule has 0 fully saturated rings. The fraction of sp³-hybridized carbons (Fsp3) is 0.0769. The number of rotatable bonds is 0. The Hall–Kier alpha value is -3.46. The Morgan fingerprint density at radius 1 is 0.759 bits per heavy atom. The van der Waals surface area contributed by atoms with Crippen molar-refractivity contribution < 1.29 is 4.74 Å². The Morgan fingerprint density at radius 2 is 1.59 bits per heavy atom. The molecule has 3 heteroatoms. The molecule has 4 aromatic carbocycles. The molecular weight excluding hydrogens is 353 g/mol. The predicted molar refractivity (Wildman–Crippen MR) is 121 cm³/mol. The normalized spacial score (nSPS) is 13.4. The first-order valence-electron chi connectivity index (χ1n) is 10.2. The molecule has 2 aliphatic heterocycles. The number of aromatic nitrogens is 1. The van der Waals surface area contributed by atoms with E-state index in [1.54, 1.807) is 0 Å². The lowest BCUT2D eigenvalue weighted by molar-refractivity contribution is 0.487. The highest BCUT2D eigenvalue weighted by atomic mass is 16.5. The maximum absolute atomic E-state index is 6.50. The molecule has 29 heavy (non-hydrogen) atoms. The SMILES string of the molecule is Cc1cc(C)c2c(c1)Oc1ccc3c4ccccc4n4c3c1B2c1ccccc1-4. The molecule has 1 aromatic heterocycles. The molecule has 0 saturated heterocycles. The van der Waals surface area contributed by atoms with Crippen molar-refractivity contribution in [3.8, 4) is 17.2 Å². The quantitative estimate of drug-likeness (QED) is 0.362. The molecular formula is C26H18BNO. The highest BCUT2D eigenvalue weighted by Crippen LogP contribution is 2.38. The van der Waals surface area contributed by atoms with Crippen molar-refractivity contribution in [3.05, 3.63) is 83.9 Å². The second kappa shape index (κ2) is 5.12. The van der Waals surface area contributed by atoms with Crippen molar-refractivity contribution in [2.75, 3.05) is 0 Å². The maximum Gasteiger partial charge on any atom is 0.256 e. The molecule has 0 aliphatic carbocycles. The summed E-state index contributed by atoms with van der Waals surface area (Å²) in [4.78, 5) is 0. The Kier molecular flexibility index (Phi) is 2.73. The molecule has 0 amide bonds. The molecule has 3 heterocycles. The van der Waals surface area contributed by atoms with Crippen molar-refractivity contribution >= 4 is 44.9 Å². The van der Waals surface area contributed by atoms with E-state index < -0.39 is 0 Å². The van der Waals surface area contributed by atoms with Gasteiger partial charge in [-0.1, -0.05) is 48.0 Å². The van der Waals surface area contributed by atoms with Crippen molar-refractivity contribution in [3.63, 3.8) is 0 Å².